The van der Waals surface area contributed by atoms with E-state index in [-0.39, 0.29) is 29.8 Å². The van der Waals surface area contributed by atoms with E-state index in [4.69, 9.17) is 21.1 Å². The zero-order valence-corrected chi connectivity index (χ0v) is 22.3. The number of benzene rings is 3. The number of methoxy groups -OCH3 is 1. The number of hydrogen-bond donors (Lipinski definition) is 1. The number of rotatable bonds is 7. The molecule has 0 radical (unpaired) electrons. The van der Waals surface area contributed by atoms with Crippen LogP contribution in [0.3, 0.4) is 0 Å². The number of Topliss-reactive ketones (excluding diaryl/α,β-unsaturated/α-hetero) is 1. The van der Waals surface area contributed by atoms with E-state index in [1.54, 1.807) is 50.2 Å². The first-order chi connectivity index (χ1) is 18.1. The van der Waals surface area contributed by atoms with E-state index in [0.717, 1.165) is 5.56 Å². The van der Waals surface area contributed by atoms with Gasteiger partial charge in [-0.05, 0) is 62.2 Å². The minimum Gasteiger partial charge on any atom is -0.507 e. The summed E-state index contributed by atoms with van der Waals surface area (Å²) in [5, 5.41) is 11.7. The topological polar surface area (TPSA) is 93.1 Å². The molecule has 8 heteroatoms. The fourth-order valence-corrected chi connectivity index (χ4v) is 4.66. The van der Waals surface area contributed by atoms with Gasteiger partial charge in [-0.2, -0.15) is 0 Å². The van der Waals surface area contributed by atoms with Crippen molar-refractivity contribution in [1.29, 1.82) is 0 Å². The number of anilines is 1. The number of hydrogen-bond acceptors (Lipinski definition) is 6. The van der Waals surface area contributed by atoms with Gasteiger partial charge in [0.15, 0.2) is 0 Å². The zero-order chi connectivity index (χ0) is 27.6. The number of amides is 1. The summed E-state index contributed by atoms with van der Waals surface area (Å²) in [4.78, 5) is 40.2. The van der Waals surface area contributed by atoms with Crippen molar-refractivity contribution in [3.8, 4) is 5.75 Å². The van der Waals surface area contributed by atoms with Gasteiger partial charge in [0.1, 0.15) is 11.5 Å². The summed E-state index contributed by atoms with van der Waals surface area (Å²) in [5.41, 5.74) is 3.00. The molecule has 1 aliphatic heterocycles. The Balaban J connectivity index is 1.81. The molecule has 1 amide bonds. The van der Waals surface area contributed by atoms with Crippen LogP contribution in [0.4, 0.5) is 5.69 Å². The van der Waals surface area contributed by atoms with E-state index in [1.807, 2.05) is 31.2 Å². The van der Waals surface area contributed by atoms with E-state index < -0.39 is 17.7 Å². The van der Waals surface area contributed by atoms with E-state index in [0.29, 0.717) is 33.1 Å². The van der Waals surface area contributed by atoms with E-state index >= 15 is 0 Å². The molecule has 1 heterocycles. The molecule has 4 rings (SSSR count). The van der Waals surface area contributed by atoms with Gasteiger partial charge in [-0.25, -0.2) is 0 Å². The molecule has 196 valence electrons. The number of halogens is 1. The lowest BCUT2D eigenvalue weighted by Gasteiger charge is -2.26. The molecule has 3 aromatic carbocycles. The van der Waals surface area contributed by atoms with Crippen LogP contribution in [0.5, 0.6) is 5.75 Å². The Labute approximate surface area is 226 Å². The minimum atomic E-state index is -0.881. The van der Waals surface area contributed by atoms with Crippen LogP contribution in [0.25, 0.3) is 5.76 Å². The van der Waals surface area contributed by atoms with Gasteiger partial charge in [-0.1, -0.05) is 53.6 Å². The molecular formula is C30H28ClNO6. The number of carbonyl (C=O) groups excluding carboxylic acids is 3. The standard InChI is InChI=1S/C30H28ClNO6/c1-17(2)38-25(33)15-19-8-11-22(12-9-19)32-27(20-7-5-6-18(3)14-20)26(29(35)30(32)36)28(34)21-10-13-23(31)24(16-21)37-4/h5-14,16-17,27,34H,15H2,1-4H3/b28-26-. The van der Waals surface area contributed by atoms with Crippen LogP contribution in [0.15, 0.2) is 72.3 Å². The Morgan fingerprint density at radius 3 is 2.39 bits per heavy atom. The maximum atomic E-state index is 13.4. The number of nitrogens with zero attached hydrogens (tertiary/aromatic N) is 1. The van der Waals surface area contributed by atoms with E-state index in [2.05, 4.69) is 0 Å². The first-order valence-electron chi connectivity index (χ1n) is 12.1. The molecule has 38 heavy (non-hydrogen) atoms. The minimum absolute atomic E-state index is 0.0467. The predicted molar refractivity (Wildman–Crippen MR) is 145 cm³/mol. The molecule has 0 spiro atoms. The Morgan fingerprint density at radius 2 is 1.76 bits per heavy atom. The Morgan fingerprint density at radius 1 is 1.05 bits per heavy atom. The summed E-state index contributed by atoms with van der Waals surface area (Å²) < 4.78 is 10.5. The first-order valence-corrected chi connectivity index (χ1v) is 12.5. The number of esters is 1. The number of aliphatic hydroxyl groups excluding tert-OH is 1. The van der Waals surface area contributed by atoms with E-state index in [9.17, 15) is 19.5 Å². The van der Waals surface area contributed by atoms with Crippen molar-refractivity contribution in [2.24, 2.45) is 0 Å². The summed E-state index contributed by atoms with van der Waals surface area (Å²) in [6, 6.07) is 18.0. The lowest BCUT2D eigenvalue weighted by molar-refractivity contribution is -0.146. The smallest absolute Gasteiger partial charge is 0.310 e. The van der Waals surface area contributed by atoms with Crippen molar-refractivity contribution in [1.82, 2.24) is 0 Å². The summed E-state index contributed by atoms with van der Waals surface area (Å²) >= 11 is 6.15. The molecule has 1 atom stereocenters. The third kappa shape index (κ3) is 5.43. The molecule has 0 saturated carbocycles. The fourth-order valence-electron chi connectivity index (χ4n) is 4.46. The predicted octanol–water partition coefficient (Wildman–Crippen LogP) is 5.78. The van der Waals surface area contributed by atoms with Gasteiger partial charge in [0.25, 0.3) is 11.7 Å². The Bertz CT molecular complexity index is 1430. The van der Waals surface area contributed by atoms with E-state index in [1.165, 1.54) is 18.1 Å². The molecule has 1 aliphatic rings. The Hall–Kier alpha value is -4.10. The molecule has 3 aromatic rings. The quantitative estimate of drug-likeness (QED) is 0.179. The first kappa shape index (κ1) is 26.9. The third-order valence-electron chi connectivity index (χ3n) is 6.16. The summed E-state index contributed by atoms with van der Waals surface area (Å²) in [6.45, 7) is 5.47. The van der Waals surface area contributed by atoms with Crippen LogP contribution in [-0.2, 0) is 25.5 Å². The van der Waals surface area contributed by atoms with Crippen molar-refractivity contribution in [2.45, 2.75) is 39.3 Å². The Kier molecular flexibility index (Phi) is 7.88. The van der Waals surface area contributed by atoms with Gasteiger partial charge in [-0.15, -0.1) is 0 Å². The number of carbonyl (C=O) groups is 3. The second kappa shape index (κ2) is 11.1. The number of ketones is 1. The van der Waals surface area contributed by atoms with Gasteiger partial charge in [0.2, 0.25) is 0 Å². The maximum Gasteiger partial charge on any atom is 0.310 e. The second-order valence-corrected chi connectivity index (χ2v) is 9.72. The normalized spacial score (nSPS) is 16.7. The van der Waals surface area contributed by atoms with Crippen LogP contribution in [0, 0.1) is 6.92 Å². The molecule has 1 unspecified atom stereocenters. The summed E-state index contributed by atoms with van der Waals surface area (Å²) in [7, 11) is 1.45. The molecule has 1 fully saturated rings. The highest BCUT2D eigenvalue weighted by Gasteiger charge is 2.47. The number of aryl methyl sites for hydroxylation is 1. The second-order valence-electron chi connectivity index (χ2n) is 9.31. The van der Waals surface area contributed by atoms with Crippen molar-refractivity contribution in [3.63, 3.8) is 0 Å². The average Bonchev–Trinajstić information content (AvgIpc) is 3.14. The number of ether oxygens (including phenoxy) is 2. The highest BCUT2D eigenvalue weighted by atomic mass is 35.5. The third-order valence-corrected chi connectivity index (χ3v) is 6.47. The molecule has 0 aliphatic carbocycles. The van der Waals surface area contributed by atoms with Crippen LogP contribution >= 0.6 is 11.6 Å². The zero-order valence-electron chi connectivity index (χ0n) is 21.5. The maximum absolute atomic E-state index is 13.4. The fraction of sp³-hybridized carbons (Fsp3) is 0.233. The van der Waals surface area contributed by atoms with Crippen molar-refractivity contribution >= 4 is 40.7 Å². The van der Waals surface area contributed by atoms with Gasteiger partial charge in [0, 0.05) is 11.3 Å². The number of aliphatic hydroxyl groups is 1. The summed E-state index contributed by atoms with van der Waals surface area (Å²) in [5.74, 6) is -1.95. The van der Waals surface area contributed by atoms with Gasteiger partial charge in [-0.3, -0.25) is 19.3 Å². The lowest BCUT2D eigenvalue weighted by atomic mass is 9.94. The SMILES string of the molecule is COc1cc(/C(O)=C2/C(=O)C(=O)N(c3ccc(CC(=O)OC(C)C)cc3)C2c2cccc(C)c2)ccc1Cl. The van der Waals surface area contributed by atoms with Gasteiger partial charge in [0.05, 0.1) is 36.3 Å². The van der Waals surface area contributed by atoms with Crippen molar-refractivity contribution in [3.05, 3.63) is 99.6 Å². The largest absolute Gasteiger partial charge is 0.507 e. The lowest BCUT2D eigenvalue weighted by Crippen LogP contribution is -2.29. The highest BCUT2D eigenvalue weighted by molar-refractivity contribution is 6.51. The molecule has 7 nitrogen and oxygen atoms in total. The van der Waals surface area contributed by atoms with Crippen LogP contribution in [0.2, 0.25) is 5.02 Å². The van der Waals surface area contributed by atoms with Crippen LogP contribution < -0.4 is 9.64 Å². The monoisotopic (exact) mass is 533 g/mol. The van der Waals surface area contributed by atoms with Gasteiger partial charge < -0.3 is 14.6 Å². The summed E-state index contributed by atoms with van der Waals surface area (Å²) in [6.07, 6.45) is -0.139. The molecule has 0 aromatic heterocycles. The van der Waals surface area contributed by atoms with Crippen molar-refractivity contribution < 1.29 is 29.0 Å². The molecular weight excluding hydrogens is 506 g/mol. The highest BCUT2D eigenvalue weighted by Crippen LogP contribution is 2.43. The van der Waals surface area contributed by atoms with Crippen LogP contribution in [0.1, 0.15) is 42.1 Å². The molecule has 1 saturated heterocycles. The van der Waals surface area contributed by atoms with Crippen molar-refractivity contribution in [2.75, 3.05) is 12.0 Å². The van der Waals surface area contributed by atoms with Crippen LogP contribution in [-0.4, -0.2) is 36.0 Å². The molecule has 0 bridgehead atoms. The average molecular weight is 534 g/mol. The molecule has 1 N–H and O–H groups in total. The van der Waals surface area contributed by atoms with Gasteiger partial charge >= 0.3 is 5.97 Å².